The predicted octanol–water partition coefficient (Wildman–Crippen LogP) is 3.92. The Morgan fingerprint density at radius 2 is 2.22 bits per heavy atom. The normalized spacial score (nSPS) is 11.0. The molecule has 9 nitrogen and oxygen atoms in total. The predicted molar refractivity (Wildman–Crippen MR) is 106 cm³/mol. The summed E-state index contributed by atoms with van der Waals surface area (Å²) in [6.45, 7) is 0. The molecule has 1 aromatic heterocycles. The van der Waals surface area contributed by atoms with E-state index < -0.39 is 4.92 Å². The van der Waals surface area contributed by atoms with Gasteiger partial charge in [0.15, 0.2) is 0 Å². The van der Waals surface area contributed by atoms with Crippen LogP contribution in [0.25, 0.3) is 0 Å². The molecule has 0 fully saturated rings. The largest absolute Gasteiger partial charge is 0.507 e. The van der Waals surface area contributed by atoms with Crippen LogP contribution >= 0.6 is 27.7 Å². The zero-order valence-corrected chi connectivity index (χ0v) is 16.1. The number of halogens is 1. The summed E-state index contributed by atoms with van der Waals surface area (Å²) in [7, 11) is 0. The number of aromatic amines is 1. The van der Waals surface area contributed by atoms with Crippen molar-refractivity contribution in [1.29, 1.82) is 0 Å². The van der Waals surface area contributed by atoms with Crippen LogP contribution in [0.2, 0.25) is 0 Å². The van der Waals surface area contributed by atoms with Crippen LogP contribution in [-0.2, 0) is 5.75 Å². The van der Waals surface area contributed by atoms with Crippen molar-refractivity contribution in [2.45, 2.75) is 10.9 Å². The molecule has 3 N–H and O–H groups in total. The number of aromatic nitrogens is 3. The number of non-ortho nitro benzene ring substituents is 1. The van der Waals surface area contributed by atoms with Crippen LogP contribution in [-0.4, -0.2) is 31.4 Å². The summed E-state index contributed by atoms with van der Waals surface area (Å²) < 4.78 is 1.01. The lowest BCUT2D eigenvalue weighted by Gasteiger charge is -1.99. The topological polar surface area (TPSA) is 129 Å². The van der Waals surface area contributed by atoms with E-state index in [0.717, 1.165) is 10.0 Å². The quantitative estimate of drug-likeness (QED) is 0.216. The van der Waals surface area contributed by atoms with Crippen molar-refractivity contribution in [2.24, 2.45) is 5.10 Å². The fourth-order valence-corrected chi connectivity index (χ4v) is 3.25. The number of hydrogen-bond acceptors (Lipinski definition) is 8. The smallest absolute Gasteiger partial charge is 0.270 e. The standard InChI is InChI=1S/C16H13BrN6O3S/c17-12-3-1-2-10(6-12)9-27-16-19-15(21-22-16)20-18-8-11-7-13(23(25)26)4-5-14(11)24/h1-8,24H,9H2,(H2,19,20,21,22)/b18-8+. The molecule has 1 heterocycles. The lowest BCUT2D eigenvalue weighted by atomic mass is 10.2. The molecule has 27 heavy (non-hydrogen) atoms. The van der Waals surface area contributed by atoms with Crippen LogP contribution in [0, 0.1) is 10.1 Å². The number of benzene rings is 2. The van der Waals surface area contributed by atoms with E-state index in [9.17, 15) is 15.2 Å². The molecule has 0 saturated heterocycles. The number of hydrogen-bond donors (Lipinski definition) is 3. The first kappa shape index (κ1) is 18.9. The third kappa shape index (κ3) is 5.28. The molecule has 3 aromatic rings. The van der Waals surface area contributed by atoms with Crippen molar-refractivity contribution in [3.05, 3.63) is 68.2 Å². The van der Waals surface area contributed by atoms with Crippen LogP contribution in [0.5, 0.6) is 5.75 Å². The van der Waals surface area contributed by atoms with Gasteiger partial charge in [0, 0.05) is 27.9 Å². The van der Waals surface area contributed by atoms with Gasteiger partial charge < -0.3 is 5.11 Å². The monoisotopic (exact) mass is 448 g/mol. The van der Waals surface area contributed by atoms with E-state index in [2.05, 4.69) is 41.6 Å². The Labute approximate surface area is 166 Å². The Morgan fingerprint density at radius 1 is 1.37 bits per heavy atom. The highest BCUT2D eigenvalue weighted by Crippen LogP contribution is 2.23. The highest BCUT2D eigenvalue weighted by molar-refractivity contribution is 9.10. The molecular weight excluding hydrogens is 436 g/mol. The summed E-state index contributed by atoms with van der Waals surface area (Å²) in [6.07, 6.45) is 1.26. The minimum atomic E-state index is -0.546. The fourth-order valence-electron chi connectivity index (χ4n) is 2.06. The highest BCUT2D eigenvalue weighted by atomic mass is 79.9. The van der Waals surface area contributed by atoms with Gasteiger partial charge in [0.05, 0.1) is 11.1 Å². The fraction of sp³-hybridized carbons (Fsp3) is 0.0625. The molecule has 0 aliphatic carbocycles. The summed E-state index contributed by atoms with van der Waals surface area (Å²) in [4.78, 5) is 14.5. The average molecular weight is 449 g/mol. The number of phenolic OH excluding ortho intramolecular Hbond substituents is 1. The number of rotatable bonds is 7. The molecule has 0 bridgehead atoms. The maximum Gasteiger partial charge on any atom is 0.270 e. The third-order valence-electron chi connectivity index (χ3n) is 3.32. The molecule has 0 atom stereocenters. The van der Waals surface area contributed by atoms with E-state index in [1.807, 2.05) is 24.3 Å². The van der Waals surface area contributed by atoms with Gasteiger partial charge >= 0.3 is 0 Å². The molecule has 0 aliphatic heterocycles. The van der Waals surface area contributed by atoms with Crippen molar-refractivity contribution >= 4 is 45.5 Å². The van der Waals surface area contributed by atoms with Gasteiger partial charge in [0.2, 0.25) is 11.1 Å². The number of nitro benzene ring substituents is 1. The number of H-pyrrole nitrogens is 1. The SMILES string of the molecule is O=[N+]([O-])c1ccc(O)c(/C=N/Nc2nc(SCc3cccc(Br)c3)n[nH]2)c1. The van der Waals surface area contributed by atoms with Crippen molar-refractivity contribution in [1.82, 2.24) is 15.2 Å². The molecule has 0 amide bonds. The van der Waals surface area contributed by atoms with Gasteiger partial charge in [-0.1, -0.05) is 39.8 Å². The summed E-state index contributed by atoms with van der Waals surface area (Å²) in [5.41, 5.74) is 3.84. The summed E-state index contributed by atoms with van der Waals surface area (Å²) in [5, 5.41) is 31.7. The number of nitro groups is 1. The number of aromatic hydroxyl groups is 1. The van der Waals surface area contributed by atoms with Crippen LogP contribution < -0.4 is 5.43 Å². The number of thioether (sulfide) groups is 1. The molecule has 2 aromatic carbocycles. The zero-order valence-electron chi connectivity index (χ0n) is 13.7. The number of nitrogens with one attached hydrogen (secondary N) is 2. The molecule has 0 radical (unpaired) electrons. The van der Waals surface area contributed by atoms with Crippen molar-refractivity contribution in [3.8, 4) is 5.75 Å². The van der Waals surface area contributed by atoms with E-state index in [4.69, 9.17) is 0 Å². The molecular formula is C16H13BrN6O3S. The Balaban J connectivity index is 1.59. The zero-order chi connectivity index (χ0) is 19.2. The molecule has 11 heteroatoms. The molecule has 0 unspecified atom stereocenters. The lowest BCUT2D eigenvalue weighted by Crippen LogP contribution is -1.94. The lowest BCUT2D eigenvalue weighted by molar-refractivity contribution is -0.384. The second-order valence-electron chi connectivity index (χ2n) is 5.26. The first-order valence-electron chi connectivity index (χ1n) is 7.57. The van der Waals surface area contributed by atoms with Crippen LogP contribution in [0.3, 0.4) is 0 Å². The van der Waals surface area contributed by atoms with E-state index >= 15 is 0 Å². The van der Waals surface area contributed by atoms with Gasteiger partial charge in [-0.3, -0.25) is 10.1 Å². The van der Waals surface area contributed by atoms with Gasteiger partial charge in [-0.2, -0.15) is 10.1 Å². The van der Waals surface area contributed by atoms with Gasteiger partial charge in [0.1, 0.15) is 5.75 Å². The number of phenols is 1. The molecule has 0 spiro atoms. The molecule has 138 valence electrons. The van der Waals surface area contributed by atoms with Gasteiger partial charge in [-0.05, 0) is 23.8 Å². The molecule has 0 aliphatic rings. The number of hydrazone groups is 1. The van der Waals surface area contributed by atoms with E-state index in [1.165, 1.54) is 36.2 Å². The van der Waals surface area contributed by atoms with E-state index in [0.29, 0.717) is 16.9 Å². The van der Waals surface area contributed by atoms with E-state index in [1.54, 1.807) is 0 Å². The average Bonchev–Trinajstić information content (AvgIpc) is 3.09. The van der Waals surface area contributed by atoms with Crippen LogP contribution in [0.15, 0.2) is 57.2 Å². The second-order valence-corrected chi connectivity index (χ2v) is 7.11. The first-order valence-corrected chi connectivity index (χ1v) is 9.35. The van der Waals surface area contributed by atoms with Crippen LogP contribution in [0.1, 0.15) is 11.1 Å². The Hall–Kier alpha value is -2.92. The van der Waals surface area contributed by atoms with Crippen molar-refractivity contribution < 1.29 is 10.0 Å². The Bertz CT molecular complexity index is 994. The van der Waals surface area contributed by atoms with Gasteiger partial charge in [-0.25, -0.2) is 10.5 Å². The highest BCUT2D eigenvalue weighted by Gasteiger charge is 2.09. The van der Waals surface area contributed by atoms with Crippen LogP contribution in [0.4, 0.5) is 11.6 Å². The van der Waals surface area contributed by atoms with Crippen molar-refractivity contribution in [2.75, 3.05) is 5.43 Å². The third-order valence-corrected chi connectivity index (χ3v) is 4.73. The Kier molecular flexibility index (Phi) is 6.04. The molecule has 0 saturated carbocycles. The maximum absolute atomic E-state index is 10.8. The second kappa shape index (κ2) is 8.64. The first-order chi connectivity index (χ1) is 13.0. The van der Waals surface area contributed by atoms with Gasteiger partial charge in [-0.15, -0.1) is 5.10 Å². The maximum atomic E-state index is 10.8. The summed E-state index contributed by atoms with van der Waals surface area (Å²) >= 11 is 4.89. The minimum Gasteiger partial charge on any atom is -0.507 e. The van der Waals surface area contributed by atoms with Crippen molar-refractivity contribution in [3.63, 3.8) is 0 Å². The van der Waals surface area contributed by atoms with Gasteiger partial charge in [0.25, 0.3) is 5.69 Å². The summed E-state index contributed by atoms with van der Waals surface area (Å²) in [6, 6.07) is 11.6. The molecule has 3 rings (SSSR count). The number of anilines is 1. The Morgan fingerprint density at radius 3 is 3.00 bits per heavy atom. The number of nitrogens with zero attached hydrogens (tertiary/aromatic N) is 4. The minimum absolute atomic E-state index is 0.117. The van der Waals surface area contributed by atoms with E-state index in [-0.39, 0.29) is 17.0 Å². The summed E-state index contributed by atoms with van der Waals surface area (Å²) in [5.74, 6) is 0.906.